The van der Waals surface area contributed by atoms with Crippen LogP contribution in [0.2, 0.25) is 0 Å². The van der Waals surface area contributed by atoms with Gasteiger partial charge in [-0.25, -0.2) is 9.18 Å². The second-order valence-electron chi connectivity index (χ2n) is 6.45. The van der Waals surface area contributed by atoms with Crippen molar-refractivity contribution in [2.75, 3.05) is 19.0 Å². The van der Waals surface area contributed by atoms with Gasteiger partial charge in [-0.3, -0.25) is 0 Å². The van der Waals surface area contributed by atoms with Crippen LogP contribution in [0, 0.1) is 11.7 Å². The number of halogens is 1. The van der Waals surface area contributed by atoms with E-state index in [1.54, 1.807) is 0 Å². The third-order valence-electron chi connectivity index (χ3n) is 4.70. The minimum Gasteiger partial charge on any atom is -0.494 e. The fourth-order valence-electron chi connectivity index (χ4n) is 3.37. The van der Waals surface area contributed by atoms with Crippen molar-refractivity contribution >= 4 is 11.8 Å². The molecule has 0 spiro atoms. The van der Waals surface area contributed by atoms with E-state index in [4.69, 9.17) is 9.26 Å². The molecule has 26 heavy (non-hydrogen) atoms. The van der Waals surface area contributed by atoms with Gasteiger partial charge in [0.25, 0.3) is 0 Å². The van der Waals surface area contributed by atoms with Gasteiger partial charge in [-0.05, 0) is 43.4 Å². The maximum atomic E-state index is 13.6. The van der Waals surface area contributed by atoms with Gasteiger partial charge in [-0.2, -0.15) is 0 Å². The molecule has 140 valence electrons. The number of nitrogens with zero attached hydrogens (tertiary/aromatic N) is 1. The number of nitrogens with one attached hydrogen (secondary N) is 1. The maximum Gasteiger partial charge on any atom is 0.343 e. The molecule has 3 rings (SSSR count). The lowest BCUT2D eigenvalue weighted by atomic mass is 9.86. The standard InChI is InChI=1S/C18H21FN2O5/c1-25-14-8-11(5-6-13(14)19)16-15(18(23)24)17(21-26-16)20-12-4-2-3-10(7-12)9-22/h5-6,8,10,12,22H,2-4,7,9H2,1H3,(H,20,21)(H,23,24)/t10-,12+/m1/s1. The first kappa shape index (κ1) is 18.2. The van der Waals surface area contributed by atoms with Crippen molar-refractivity contribution < 1.29 is 28.7 Å². The largest absolute Gasteiger partial charge is 0.494 e. The lowest BCUT2D eigenvalue weighted by Crippen LogP contribution is -2.29. The lowest BCUT2D eigenvalue weighted by molar-refractivity contribution is 0.0698. The fourth-order valence-corrected chi connectivity index (χ4v) is 3.37. The topological polar surface area (TPSA) is 105 Å². The molecule has 1 fully saturated rings. The lowest BCUT2D eigenvalue weighted by Gasteiger charge is -2.28. The molecule has 7 nitrogen and oxygen atoms in total. The van der Waals surface area contributed by atoms with E-state index in [9.17, 15) is 19.4 Å². The first-order chi connectivity index (χ1) is 12.5. The molecule has 0 unspecified atom stereocenters. The van der Waals surface area contributed by atoms with E-state index in [1.165, 1.54) is 25.3 Å². The Hall–Kier alpha value is -2.61. The molecule has 8 heteroatoms. The van der Waals surface area contributed by atoms with Gasteiger partial charge in [-0.15, -0.1) is 0 Å². The molecular weight excluding hydrogens is 343 g/mol. The van der Waals surface area contributed by atoms with Crippen molar-refractivity contribution in [3.05, 3.63) is 29.6 Å². The van der Waals surface area contributed by atoms with E-state index in [1.807, 2.05) is 0 Å². The molecule has 1 aromatic heterocycles. The zero-order chi connectivity index (χ0) is 18.7. The summed E-state index contributed by atoms with van der Waals surface area (Å²) in [7, 11) is 1.33. The van der Waals surface area contributed by atoms with Gasteiger partial charge >= 0.3 is 5.97 Å². The molecule has 1 saturated carbocycles. The number of anilines is 1. The number of aliphatic hydroxyl groups excluding tert-OH is 1. The molecule has 2 atom stereocenters. The number of aromatic carboxylic acids is 1. The Morgan fingerprint density at radius 1 is 1.46 bits per heavy atom. The van der Waals surface area contributed by atoms with Crippen molar-refractivity contribution in [2.45, 2.75) is 31.7 Å². The SMILES string of the molecule is COc1cc(-c2onc(N[C@H]3CCC[C@@H](CO)C3)c2C(=O)O)ccc1F. The number of ether oxygens (including phenoxy) is 1. The maximum absolute atomic E-state index is 13.6. The van der Waals surface area contributed by atoms with Gasteiger partial charge in [-0.1, -0.05) is 11.6 Å². The van der Waals surface area contributed by atoms with Gasteiger partial charge in [0.2, 0.25) is 0 Å². The van der Waals surface area contributed by atoms with Crippen LogP contribution in [0.25, 0.3) is 11.3 Å². The normalized spacial score (nSPS) is 20.0. The first-order valence-corrected chi connectivity index (χ1v) is 8.47. The molecule has 3 N–H and O–H groups in total. The highest BCUT2D eigenvalue weighted by Gasteiger charge is 2.28. The number of aliphatic hydroxyl groups is 1. The van der Waals surface area contributed by atoms with Crippen molar-refractivity contribution in [2.24, 2.45) is 5.92 Å². The summed E-state index contributed by atoms with van der Waals surface area (Å²) in [5.74, 6) is -1.39. The van der Waals surface area contributed by atoms with E-state index in [0.717, 1.165) is 25.7 Å². The van der Waals surface area contributed by atoms with Crippen LogP contribution < -0.4 is 10.1 Å². The minimum absolute atomic E-state index is 0.0113. The van der Waals surface area contributed by atoms with Gasteiger partial charge < -0.3 is 24.8 Å². The number of carboxylic acid groups (broad SMARTS) is 1. The fraction of sp³-hybridized carbons (Fsp3) is 0.444. The zero-order valence-corrected chi connectivity index (χ0v) is 14.4. The molecule has 0 amide bonds. The summed E-state index contributed by atoms with van der Waals surface area (Å²) in [6, 6.07) is 3.98. The Kier molecular flexibility index (Phi) is 5.41. The number of hydrogen-bond acceptors (Lipinski definition) is 6. The number of benzene rings is 1. The Morgan fingerprint density at radius 2 is 2.27 bits per heavy atom. The smallest absolute Gasteiger partial charge is 0.343 e. The first-order valence-electron chi connectivity index (χ1n) is 8.47. The molecule has 2 aromatic rings. The third kappa shape index (κ3) is 3.65. The average molecular weight is 364 g/mol. The van der Waals surface area contributed by atoms with Crippen molar-refractivity contribution in [3.63, 3.8) is 0 Å². The summed E-state index contributed by atoms with van der Waals surface area (Å²) in [4.78, 5) is 11.8. The number of carboxylic acids is 1. The van der Waals surface area contributed by atoms with Crippen LogP contribution in [-0.4, -0.2) is 41.1 Å². The highest BCUT2D eigenvalue weighted by Crippen LogP contribution is 2.34. The van der Waals surface area contributed by atoms with Gasteiger partial charge in [0.1, 0.15) is 0 Å². The molecular formula is C18H21FN2O5. The van der Waals surface area contributed by atoms with Crippen LogP contribution in [-0.2, 0) is 0 Å². The van der Waals surface area contributed by atoms with Gasteiger partial charge in [0, 0.05) is 18.2 Å². The number of carbonyl (C=O) groups is 1. The van der Waals surface area contributed by atoms with Crippen LogP contribution in [0.4, 0.5) is 10.2 Å². The average Bonchev–Trinajstić information content (AvgIpc) is 3.06. The second-order valence-corrected chi connectivity index (χ2v) is 6.45. The Balaban J connectivity index is 1.90. The Morgan fingerprint density at radius 3 is 2.96 bits per heavy atom. The predicted molar refractivity (Wildman–Crippen MR) is 91.9 cm³/mol. The molecule has 1 aliphatic rings. The van der Waals surface area contributed by atoms with Crippen LogP contribution in [0.1, 0.15) is 36.0 Å². The highest BCUT2D eigenvalue weighted by molar-refractivity contribution is 5.99. The quantitative estimate of drug-likeness (QED) is 0.723. The second kappa shape index (κ2) is 7.74. The summed E-state index contributed by atoms with van der Waals surface area (Å²) in [5.41, 5.74) is 0.253. The van der Waals surface area contributed by atoms with Crippen LogP contribution in [0.5, 0.6) is 5.75 Å². The zero-order valence-electron chi connectivity index (χ0n) is 14.4. The summed E-state index contributed by atoms with van der Waals surface area (Å²) in [5, 5.41) is 26.0. The number of rotatable bonds is 6. The van der Waals surface area contributed by atoms with Crippen molar-refractivity contribution in [1.29, 1.82) is 0 Å². The third-order valence-corrected chi connectivity index (χ3v) is 4.70. The van der Waals surface area contributed by atoms with Crippen molar-refractivity contribution in [1.82, 2.24) is 5.16 Å². The summed E-state index contributed by atoms with van der Waals surface area (Å²) in [6.07, 6.45) is 3.51. The van der Waals surface area contributed by atoms with E-state index in [2.05, 4.69) is 10.5 Å². The minimum atomic E-state index is -1.19. The summed E-state index contributed by atoms with van der Waals surface area (Å²) >= 11 is 0. The van der Waals surface area contributed by atoms with Crippen LogP contribution in [0.3, 0.4) is 0 Å². The van der Waals surface area contributed by atoms with E-state index < -0.39 is 11.8 Å². The van der Waals surface area contributed by atoms with E-state index >= 15 is 0 Å². The van der Waals surface area contributed by atoms with Crippen LogP contribution in [0.15, 0.2) is 22.7 Å². The summed E-state index contributed by atoms with van der Waals surface area (Å²) in [6.45, 7) is 0.114. The molecule has 0 bridgehead atoms. The highest BCUT2D eigenvalue weighted by atomic mass is 19.1. The molecule has 0 radical (unpaired) electrons. The monoisotopic (exact) mass is 364 g/mol. The summed E-state index contributed by atoms with van der Waals surface area (Å²) < 4.78 is 23.8. The molecule has 1 heterocycles. The number of aromatic nitrogens is 1. The van der Waals surface area contributed by atoms with Crippen LogP contribution >= 0.6 is 0 Å². The predicted octanol–water partition coefficient (Wildman–Crippen LogP) is 3.15. The van der Waals surface area contributed by atoms with Gasteiger partial charge in [0.05, 0.1) is 7.11 Å². The number of hydrogen-bond donors (Lipinski definition) is 3. The molecule has 1 aromatic carbocycles. The van der Waals surface area contributed by atoms with Crippen molar-refractivity contribution in [3.8, 4) is 17.1 Å². The molecule has 1 aliphatic carbocycles. The van der Waals surface area contributed by atoms with E-state index in [-0.39, 0.29) is 41.5 Å². The van der Waals surface area contributed by atoms with Gasteiger partial charge in [0.15, 0.2) is 28.7 Å². The number of methoxy groups -OCH3 is 1. The molecule has 0 aliphatic heterocycles. The van der Waals surface area contributed by atoms with E-state index in [0.29, 0.717) is 5.56 Å². The Labute approximate surface area is 149 Å². The molecule has 0 saturated heterocycles. The Bertz CT molecular complexity index is 792.